The Morgan fingerprint density at radius 2 is 2.11 bits per heavy atom. The second-order valence-corrected chi connectivity index (χ2v) is 7.24. The van der Waals surface area contributed by atoms with Gasteiger partial charge in [-0.15, -0.1) is 0 Å². The summed E-state index contributed by atoms with van der Waals surface area (Å²) in [6.45, 7) is 2.27. The summed E-state index contributed by atoms with van der Waals surface area (Å²) in [6, 6.07) is 15.0. The quantitative estimate of drug-likeness (QED) is 0.471. The number of pyridine rings is 1. The van der Waals surface area contributed by atoms with Gasteiger partial charge in [-0.3, -0.25) is 9.69 Å². The molecule has 4 rings (SSSR count). The maximum Gasteiger partial charge on any atom is 0.255 e. The van der Waals surface area contributed by atoms with E-state index in [2.05, 4.69) is 9.88 Å². The summed E-state index contributed by atoms with van der Waals surface area (Å²) >= 11 is 0. The highest BCUT2D eigenvalue weighted by atomic mass is 16.5. The van der Waals surface area contributed by atoms with Gasteiger partial charge in [-0.05, 0) is 55.1 Å². The van der Waals surface area contributed by atoms with Gasteiger partial charge in [-0.1, -0.05) is 18.2 Å². The minimum atomic E-state index is -0.0911. The highest BCUT2D eigenvalue weighted by molar-refractivity contribution is 6.03. The van der Waals surface area contributed by atoms with Crippen LogP contribution < -0.4 is 16.0 Å². The zero-order valence-electron chi connectivity index (χ0n) is 15.7. The van der Waals surface area contributed by atoms with Crippen molar-refractivity contribution < 1.29 is 4.74 Å². The summed E-state index contributed by atoms with van der Waals surface area (Å²) in [6.07, 6.45) is 3.71. The number of nitrogen functional groups attached to an aromatic ring is 1. The minimum Gasteiger partial charge on any atom is -0.489 e. The molecule has 144 valence electrons. The lowest BCUT2D eigenvalue weighted by molar-refractivity contribution is 0.0981. The summed E-state index contributed by atoms with van der Waals surface area (Å²) in [7, 11) is 0. The molecule has 2 heterocycles. The largest absolute Gasteiger partial charge is 0.489 e. The first kappa shape index (κ1) is 18.3. The smallest absolute Gasteiger partial charge is 0.255 e. The van der Waals surface area contributed by atoms with Crippen LogP contribution in [0.5, 0.6) is 5.75 Å². The number of anilines is 1. The van der Waals surface area contributed by atoms with Gasteiger partial charge in [0.1, 0.15) is 11.9 Å². The molecule has 1 unspecified atom stereocenters. The van der Waals surface area contributed by atoms with Crippen LogP contribution in [-0.2, 0) is 0 Å². The van der Waals surface area contributed by atoms with Crippen LogP contribution in [0.3, 0.4) is 0 Å². The molecule has 1 aromatic heterocycles. The van der Waals surface area contributed by atoms with E-state index in [-0.39, 0.29) is 11.7 Å². The first-order chi connectivity index (χ1) is 13.6. The zero-order valence-corrected chi connectivity index (χ0v) is 15.7. The fourth-order valence-electron chi connectivity index (χ4n) is 3.77. The van der Waals surface area contributed by atoms with E-state index >= 15 is 0 Å². The van der Waals surface area contributed by atoms with Crippen LogP contribution in [0.25, 0.3) is 10.8 Å². The van der Waals surface area contributed by atoms with E-state index in [1.54, 1.807) is 12.3 Å². The lowest BCUT2D eigenvalue weighted by atomic mass is 10.0. The standard InChI is InChI=1S/C22H24N4O2/c23-20-6-2-1-5-19(20)21(24)14-26-11-3-4-17(13-26)28-16-7-8-18-15(12-16)9-10-25-22(18)27/h1-2,5-10,12,17,24H,3-4,11,13-14,23H2,(H,25,27). The van der Waals surface area contributed by atoms with E-state index in [0.29, 0.717) is 23.3 Å². The number of hydrogen-bond acceptors (Lipinski definition) is 5. The number of ether oxygens (including phenoxy) is 1. The van der Waals surface area contributed by atoms with Gasteiger partial charge in [-0.2, -0.15) is 0 Å². The van der Waals surface area contributed by atoms with Crippen LogP contribution in [0.15, 0.2) is 59.5 Å². The van der Waals surface area contributed by atoms with Gasteiger partial charge in [0.2, 0.25) is 0 Å². The molecule has 1 saturated heterocycles. The van der Waals surface area contributed by atoms with E-state index in [1.165, 1.54) is 0 Å². The predicted octanol–water partition coefficient (Wildman–Crippen LogP) is 3.02. The Labute approximate surface area is 163 Å². The Morgan fingerprint density at radius 3 is 2.96 bits per heavy atom. The van der Waals surface area contributed by atoms with E-state index in [0.717, 1.165) is 42.6 Å². The predicted molar refractivity (Wildman–Crippen MR) is 112 cm³/mol. The number of aromatic amines is 1. The topological polar surface area (TPSA) is 95.2 Å². The zero-order chi connectivity index (χ0) is 19.5. The second-order valence-electron chi connectivity index (χ2n) is 7.24. The van der Waals surface area contributed by atoms with Crippen molar-refractivity contribution in [1.29, 1.82) is 5.41 Å². The number of fused-ring (bicyclic) bond motifs is 1. The maximum absolute atomic E-state index is 11.8. The van der Waals surface area contributed by atoms with Gasteiger partial charge < -0.3 is 20.9 Å². The molecule has 1 aliphatic rings. The van der Waals surface area contributed by atoms with Crippen LogP contribution in [0.4, 0.5) is 5.69 Å². The van der Waals surface area contributed by atoms with Crippen LogP contribution in [0, 0.1) is 5.41 Å². The lowest BCUT2D eigenvalue weighted by Gasteiger charge is -2.33. The number of benzene rings is 2. The molecule has 0 radical (unpaired) electrons. The molecule has 1 fully saturated rings. The summed E-state index contributed by atoms with van der Waals surface area (Å²) < 4.78 is 6.20. The summed E-state index contributed by atoms with van der Waals surface area (Å²) in [5.74, 6) is 0.771. The first-order valence-electron chi connectivity index (χ1n) is 9.53. The number of nitrogens with one attached hydrogen (secondary N) is 2. The van der Waals surface area contributed by atoms with Crippen molar-refractivity contribution >= 4 is 22.2 Å². The molecule has 4 N–H and O–H groups in total. The van der Waals surface area contributed by atoms with E-state index < -0.39 is 0 Å². The molecular weight excluding hydrogens is 352 g/mol. The van der Waals surface area contributed by atoms with Crippen LogP contribution in [-0.4, -0.2) is 41.3 Å². The number of hydrogen-bond donors (Lipinski definition) is 3. The molecule has 1 aliphatic heterocycles. The van der Waals surface area contributed by atoms with Gasteiger partial charge in [0.25, 0.3) is 5.56 Å². The van der Waals surface area contributed by atoms with Gasteiger partial charge >= 0.3 is 0 Å². The molecule has 6 nitrogen and oxygen atoms in total. The monoisotopic (exact) mass is 376 g/mol. The van der Waals surface area contributed by atoms with Gasteiger partial charge in [-0.25, -0.2) is 0 Å². The molecule has 0 aliphatic carbocycles. The minimum absolute atomic E-state index is 0.0640. The van der Waals surface area contributed by atoms with Crippen LogP contribution in [0.2, 0.25) is 0 Å². The van der Waals surface area contributed by atoms with Crippen molar-refractivity contribution in [3.05, 3.63) is 70.6 Å². The van der Waals surface area contributed by atoms with Crippen molar-refractivity contribution in [2.75, 3.05) is 25.4 Å². The fraction of sp³-hybridized carbons (Fsp3) is 0.273. The number of para-hydroxylation sites is 1. The Kier molecular flexibility index (Phi) is 5.12. The van der Waals surface area contributed by atoms with Crippen molar-refractivity contribution in [3.8, 4) is 5.75 Å². The molecule has 0 spiro atoms. The van der Waals surface area contributed by atoms with E-state index in [9.17, 15) is 4.79 Å². The molecule has 0 bridgehead atoms. The summed E-state index contributed by atoms with van der Waals surface area (Å²) in [5, 5.41) is 9.94. The Hall–Kier alpha value is -3.12. The molecule has 0 amide bonds. The molecule has 3 aromatic rings. The van der Waals surface area contributed by atoms with Gasteiger partial charge in [0, 0.05) is 35.9 Å². The summed E-state index contributed by atoms with van der Waals surface area (Å²) in [5.41, 5.74) is 7.88. The molecule has 28 heavy (non-hydrogen) atoms. The molecule has 2 aromatic carbocycles. The number of H-pyrrole nitrogens is 1. The number of nitrogens with two attached hydrogens (primary N) is 1. The molecule has 0 saturated carbocycles. The highest BCUT2D eigenvalue weighted by Crippen LogP contribution is 2.22. The van der Waals surface area contributed by atoms with Gasteiger partial charge in [0.05, 0.1) is 5.71 Å². The Morgan fingerprint density at radius 1 is 1.25 bits per heavy atom. The number of piperidine rings is 1. The lowest BCUT2D eigenvalue weighted by Crippen LogP contribution is -2.43. The average Bonchev–Trinajstić information content (AvgIpc) is 2.69. The molecule has 1 atom stereocenters. The van der Waals surface area contributed by atoms with Crippen molar-refractivity contribution in [1.82, 2.24) is 9.88 Å². The third-order valence-corrected chi connectivity index (χ3v) is 5.18. The average molecular weight is 376 g/mol. The number of rotatable bonds is 5. The fourth-order valence-corrected chi connectivity index (χ4v) is 3.77. The SMILES string of the molecule is N=C(CN1CCCC(Oc2ccc3c(=O)[nH]ccc3c2)C1)c1ccccc1N. The van der Waals surface area contributed by atoms with E-state index in [4.69, 9.17) is 15.9 Å². The van der Waals surface area contributed by atoms with Crippen molar-refractivity contribution in [2.45, 2.75) is 18.9 Å². The first-order valence-corrected chi connectivity index (χ1v) is 9.53. The van der Waals surface area contributed by atoms with Crippen molar-refractivity contribution in [3.63, 3.8) is 0 Å². The Balaban J connectivity index is 1.42. The number of likely N-dealkylation sites (tertiary alicyclic amines) is 1. The number of nitrogens with zero attached hydrogens (tertiary/aromatic N) is 1. The van der Waals surface area contributed by atoms with Crippen LogP contribution >= 0.6 is 0 Å². The van der Waals surface area contributed by atoms with Crippen LogP contribution in [0.1, 0.15) is 18.4 Å². The summed E-state index contributed by atoms with van der Waals surface area (Å²) in [4.78, 5) is 16.8. The van der Waals surface area contributed by atoms with E-state index in [1.807, 2.05) is 42.5 Å². The highest BCUT2D eigenvalue weighted by Gasteiger charge is 2.23. The van der Waals surface area contributed by atoms with Gasteiger partial charge in [0.15, 0.2) is 0 Å². The Bertz CT molecular complexity index is 1060. The number of aromatic nitrogens is 1. The third kappa shape index (κ3) is 3.92. The normalized spacial score (nSPS) is 17.5. The molecule has 6 heteroatoms. The molecular formula is C22H24N4O2. The van der Waals surface area contributed by atoms with Crippen molar-refractivity contribution in [2.24, 2.45) is 0 Å². The maximum atomic E-state index is 11.8. The second kappa shape index (κ2) is 7.86. The third-order valence-electron chi connectivity index (χ3n) is 5.18.